The van der Waals surface area contributed by atoms with Crippen molar-refractivity contribution in [2.75, 3.05) is 5.88 Å². The summed E-state index contributed by atoms with van der Waals surface area (Å²) in [6, 6.07) is 5.36. The second-order valence-electron chi connectivity index (χ2n) is 4.04. The molecule has 112 valence electrons. The Bertz CT molecular complexity index is 822. The lowest BCUT2D eigenvalue weighted by Gasteiger charge is -2.04. The van der Waals surface area contributed by atoms with E-state index in [4.69, 9.17) is 23.2 Å². The van der Waals surface area contributed by atoms with Crippen molar-refractivity contribution in [3.05, 3.63) is 52.2 Å². The van der Waals surface area contributed by atoms with Gasteiger partial charge in [0, 0.05) is 29.7 Å². The molecule has 2 rings (SSSR count). The first kappa shape index (κ1) is 15.8. The van der Waals surface area contributed by atoms with Crippen LogP contribution in [0.25, 0.3) is 0 Å². The first-order chi connectivity index (χ1) is 9.87. The maximum absolute atomic E-state index is 12.3. The van der Waals surface area contributed by atoms with Gasteiger partial charge in [-0.15, -0.1) is 11.6 Å². The maximum atomic E-state index is 12.3. The summed E-state index contributed by atoms with van der Waals surface area (Å²) in [5, 5.41) is 0.371. The highest BCUT2D eigenvalue weighted by atomic mass is 35.5. The average Bonchev–Trinajstić information content (AvgIpc) is 2.82. The van der Waals surface area contributed by atoms with E-state index in [1.54, 1.807) is 0 Å². The van der Waals surface area contributed by atoms with Crippen LogP contribution >= 0.6 is 23.2 Å². The number of rotatable bonds is 4. The predicted octanol–water partition coefficient (Wildman–Crippen LogP) is 1.81. The molecule has 0 radical (unpaired) electrons. The van der Waals surface area contributed by atoms with Crippen molar-refractivity contribution in [2.24, 2.45) is 0 Å². The fourth-order valence-corrected chi connectivity index (χ4v) is 3.16. The van der Waals surface area contributed by atoms with Gasteiger partial charge in [0.1, 0.15) is 0 Å². The smallest absolute Gasteiger partial charge is 0.274 e. The van der Waals surface area contributed by atoms with Crippen molar-refractivity contribution < 1.29 is 13.2 Å². The van der Waals surface area contributed by atoms with Gasteiger partial charge in [-0.3, -0.25) is 4.79 Å². The third-order valence-corrected chi connectivity index (χ3v) is 4.80. The summed E-state index contributed by atoms with van der Waals surface area (Å²) in [5.41, 5.74) is -0.958. The Morgan fingerprint density at radius 3 is 2.33 bits per heavy atom. The van der Waals surface area contributed by atoms with Gasteiger partial charge in [-0.2, -0.15) is 3.97 Å². The van der Waals surface area contributed by atoms with Crippen LogP contribution in [0.1, 0.15) is 11.2 Å². The van der Waals surface area contributed by atoms with Crippen molar-refractivity contribution in [3.8, 4) is 0 Å². The van der Waals surface area contributed by atoms with Gasteiger partial charge in [0.05, 0.1) is 4.90 Å². The molecule has 9 heteroatoms. The highest BCUT2D eigenvalue weighted by Crippen LogP contribution is 2.15. The molecule has 0 bridgehead atoms. The molecule has 0 N–H and O–H groups in total. The monoisotopic (exact) mass is 348 g/mol. The largest absolute Gasteiger partial charge is 0.349 e. The van der Waals surface area contributed by atoms with E-state index in [1.807, 2.05) is 0 Å². The van der Waals surface area contributed by atoms with Gasteiger partial charge >= 0.3 is 5.69 Å². The van der Waals surface area contributed by atoms with Crippen LogP contribution in [-0.2, 0) is 10.0 Å². The molecule has 21 heavy (non-hydrogen) atoms. The molecular formula is C12H10Cl2N2O4S. The van der Waals surface area contributed by atoms with Crippen LogP contribution in [0.5, 0.6) is 0 Å². The molecule has 6 nitrogen and oxygen atoms in total. The fourth-order valence-electron chi connectivity index (χ4n) is 1.66. The fraction of sp³-hybridized carbons (Fsp3) is 0.167. The molecule has 0 saturated carbocycles. The quantitative estimate of drug-likeness (QED) is 0.789. The molecule has 2 aromatic rings. The number of nitrogens with zero attached hydrogens (tertiary/aromatic N) is 2. The van der Waals surface area contributed by atoms with Gasteiger partial charge in [-0.1, -0.05) is 11.6 Å². The molecular weight excluding hydrogens is 339 g/mol. The summed E-state index contributed by atoms with van der Waals surface area (Å²) in [6.45, 7) is 0. The van der Waals surface area contributed by atoms with Crippen LogP contribution in [0.3, 0.4) is 0 Å². The molecule has 0 spiro atoms. The Balaban J connectivity index is 2.49. The number of carbonyl (C=O) groups excluding carboxylic acids is 1. The highest BCUT2D eigenvalue weighted by molar-refractivity contribution is 7.90. The second kappa shape index (κ2) is 6.05. The summed E-state index contributed by atoms with van der Waals surface area (Å²) in [4.78, 5) is 23.6. The zero-order valence-electron chi connectivity index (χ0n) is 10.6. The molecule has 0 aliphatic rings. The molecule has 1 heterocycles. The van der Waals surface area contributed by atoms with Gasteiger partial charge in [0.15, 0.2) is 0 Å². The van der Waals surface area contributed by atoms with Crippen LogP contribution in [0.2, 0.25) is 5.02 Å². The summed E-state index contributed by atoms with van der Waals surface area (Å²) >= 11 is 11.1. The van der Waals surface area contributed by atoms with Gasteiger partial charge in [0.25, 0.3) is 10.0 Å². The normalized spacial score (nSPS) is 11.5. The van der Waals surface area contributed by atoms with Gasteiger partial charge in [-0.05, 0) is 24.3 Å². The number of alkyl halides is 1. The van der Waals surface area contributed by atoms with Crippen molar-refractivity contribution in [1.29, 1.82) is 0 Å². The van der Waals surface area contributed by atoms with Crippen LogP contribution in [0, 0.1) is 0 Å². The Hall–Kier alpha value is -1.57. The number of halogens is 2. The molecule has 0 amide bonds. The van der Waals surface area contributed by atoms with E-state index in [-0.39, 0.29) is 17.2 Å². The number of aromatic nitrogens is 2. The summed E-state index contributed by atoms with van der Waals surface area (Å²) in [7, 11) is -4.07. The van der Waals surface area contributed by atoms with E-state index in [0.29, 0.717) is 9.00 Å². The van der Waals surface area contributed by atoms with E-state index >= 15 is 0 Å². The summed E-state index contributed by atoms with van der Waals surface area (Å²) in [6.07, 6.45) is 2.07. The second-order valence-corrected chi connectivity index (χ2v) is 6.67. The number of hydrogen-bond donors (Lipinski definition) is 0. The third-order valence-electron chi connectivity index (χ3n) is 2.69. The number of hydrogen-bond acceptors (Lipinski definition) is 4. The molecule has 1 aromatic heterocycles. The lowest BCUT2D eigenvalue weighted by Crippen LogP contribution is -2.32. The minimum Gasteiger partial charge on any atom is -0.274 e. The third kappa shape index (κ3) is 3.04. The summed E-state index contributed by atoms with van der Waals surface area (Å²) < 4.78 is 25.9. The van der Waals surface area contributed by atoms with Crippen molar-refractivity contribution in [2.45, 2.75) is 11.3 Å². The minimum absolute atomic E-state index is 0.0421. The van der Waals surface area contributed by atoms with Gasteiger partial charge in [0.2, 0.25) is 5.91 Å². The van der Waals surface area contributed by atoms with Crippen LogP contribution in [0.15, 0.2) is 46.3 Å². The first-order valence-corrected chi connectivity index (χ1v) is 8.13. The minimum atomic E-state index is -4.07. The standard InChI is InChI=1S/C12H10Cl2N2O4S/c13-6-5-11(17)15-7-8-16(12(15)18)21(19,20)10-3-1-9(14)2-4-10/h1-4,7-8H,5-6H2. The molecule has 0 saturated heterocycles. The van der Waals surface area contributed by atoms with E-state index in [9.17, 15) is 18.0 Å². The molecule has 1 aromatic carbocycles. The Morgan fingerprint density at radius 1 is 1.14 bits per heavy atom. The zero-order valence-corrected chi connectivity index (χ0v) is 12.9. The Morgan fingerprint density at radius 2 is 1.76 bits per heavy atom. The molecule has 0 atom stereocenters. The van der Waals surface area contributed by atoms with Crippen molar-refractivity contribution in [3.63, 3.8) is 0 Å². The SMILES string of the molecule is O=C(CCCl)n1ccn(S(=O)(=O)c2ccc(Cl)cc2)c1=O. The molecule has 0 fully saturated rings. The van der Waals surface area contributed by atoms with Crippen LogP contribution < -0.4 is 5.69 Å². The van der Waals surface area contributed by atoms with E-state index in [0.717, 1.165) is 17.0 Å². The van der Waals surface area contributed by atoms with E-state index in [2.05, 4.69) is 0 Å². The van der Waals surface area contributed by atoms with Crippen LogP contribution in [-0.4, -0.2) is 28.7 Å². The van der Waals surface area contributed by atoms with Gasteiger partial charge in [-0.25, -0.2) is 17.8 Å². The number of benzene rings is 1. The number of carbonyl (C=O) groups is 1. The molecule has 0 aliphatic heterocycles. The van der Waals surface area contributed by atoms with Gasteiger partial charge < -0.3 is 0 Å². The predicted molar refractivity (Wildman–Crippen MR) is 78.7 cm³/mol. The van der Waals surface area contributed by atoms with Crippen LogP contribution in [0.4, 0.5) is 0 Å². The molecule has 0 aliphatic carbocycles. The Labute approximate surface area is 130 Å². The average molecular weight is 349 g/mol. The van der Waals surface area contributed by atoms with Crippen molar-refractivity contribution in [1.82, 2.24) is 8.54 Å². The lowest BCUT2D eigenvalue weighted by atomic mass is 10.4. The summed E-state index contributed by atoms with van der Waals surface area (Å²) in [5.74, 6) is -0.527. The topological polar surface area (TPSA) is 78.1 Å². The zero-order chi connectivity index (χ0) is 15.6. The lowest BCUT2D eigenvalue weighted by molar-refractivity contribution is 0.0906. The van der Waals surface area contributed by atoms with Crippen molar-refractivity contribution >= 4 is 39.1 Å². The van der Waals surface area contributed by atoms with E-state index < -0.39 is 21.6 Å². The highest BCUT2D eigenvalue weighted by Gasteiger charge is 2.22. The maximum Gasteiger partial charge on any atom is 0.349 e. The molecule has 0 unspecified atom stereocenters. The Kier molecular flexibility index (Phi) is 4.55. The van der Waals surface area contributed by atoms with E-state index in [1.165, 1.54) is 24.3 Å². The first-order valence-electron chi connectivity index (χ1n) is 5.78. The number of imidazole rings is 1.